The second kappa shape index (κ2) is 5.72. The highest BCUT2D eigenvalue weighted by atomic mass is 16.6. The number of carboxylic acids is 1. The molecule has 1 fully saturated rings. The van der Waals surface area contributed by atoms with Crippen LogP contribution in [0.2, 0.25) is 0 Å². The van der Waals surface area contributed by atoms with E-state index < -0.39 is 18.0 Å². The third-order valence-electron chi connectivity index (χ3n) is 3.04. The van der Waals surface area contributed by atoms with Crippen molar-refractivity contribution in [3.8, 4) is 0 Å². The van der Waals surface area contributed by atoms with Gasteiger partial charge in [-0.2, -0.15) is 0 Å². The summed E-state index contributed by atoms with van der Waals surface area (Å²) in [6, 6.07) is -0.207. The number of ether oxygens (including phenoxy) is 1. The molecule has 92 valence electrons. The Balaban J connectivity index is 2.71. The maximum atomic E-state index is 11.6. The minimum atomic E-state index is -0.815. The summed E-state index contributed by atoms with van der Waals surface area (Å²) < 4.78 is 4.93. The molecule has 2 atom stereocenters. The fourth-order valence-electron chi connectivity index (χ4n) is 2.31. The third-order valence-corrected chi connectivity index (χ3v) is 3.04. The van der Waals surface area contributed by atoms with Crippen molar-refractivity contribution in [2.45, 2.75) is 39.2 Å². The van der Waals surface area contributed by atoms with Crippen molar-refractivity contribution in [3.05, 3.63) is 0 Å². The molecule has 0 aromatic rings. The predicted molar refractivity (Wildman–Crippen MR) is 58.2 cm³/mol. The van der Waals surface area contributed by atoms with Gasteiger partial charge in [-0.1, -0.05) is 6.42 Å². The van der Waals surface area contributed by atoms with Gasteiger partial charge in [0, 0.05) is 12.6 Å². The Bertz CT molecular complexity index is 267. The van der Waals surface area contributed by atoms with E-state index in [0.717, 1.165) is 12.8 Å². The number of hydrogen-bond acceptors (Lipinski definition) is 3. The molecule has 1 aliphatic rings. The zero-order chi connectivity index (χ0) is 12.1. The molecule has 16 heavy (non-hydrogen) atoms. The Labute approximate surface area is 95.4 Å². The lowest BCUT2D eigenvalue weighted by Gasteiger charge is -2.29. The molecule has 0 bridgehead atoms. The number of carboxylic acid groups (broad SMARTS) is 1. The first kappa shape index (κ1) is 12.8. The van der Waals surface area contributed by atoms with E-state index in [-0.39, 0.29) is 6.04 Å². The van der Waals surface area contributed by atoms with Crippen LogP contribution in [0.5, 0.6) is 0 Å². The van der Waals surface area contributed by atoms with E-state index in [0.29, 0.717) is 19.6 Å². The average Bonchev–Trinajstić information content (AvgIpc) is 2.68. The lowest BCUT2D eigenvalue weighted by atomic mass is 10.0. The van der Waals surface area contributed by atoms with E-state index in [1.807, 2.05) is 6.92 Å². The maximum absolute atomic E-state index is 11.6. The van der Waals surface area contributed by atoms with Crippen molar-refractivity contribution in [2.75, 3.05) is 13.2 Å². The van der Waals surface area contributed by atoms with Crippen LogP contribution in [0.1, 0.15) is 33.1 Å². The lowest BCUT2D eigenvalue weighted by Crippen LogP contribution is -2.44. The highest BCUT2D eigenvalue weighted by Gasteiger charge is 2.38. The summed E-state index contributed by atoms with van der Waals surface area (Å²) in [6.07, 6.45) is 1.86. The van der Waals surface area contributed by atoms with Crippen LogP contribution in [-0.4, -0.2) is 41.3 Å². The van der Waals surface area contributed by atoms with Crippen molar-refractivity contribution in [2.24, 2.45) is 5.92 Å². The Kier molecular flexibility index (Phi) is 4.58. The van der Waals surface area contributed by atoms with E-state index in [4.69, 9.17) is 9.84 Å². The molecule has 0 aliphatic heterocycles. The predicted octanol–water partition coefficient (Wildman–Crippen LogP) is 1.72. The molecule has 1 saturated carbocycles. The highest BCUT2D eigenvalue weighted by Crippen LogP contribution is 2.30. The number of carbonyl (C=O) groups excluding carboxylic acids is 1. The zero-order valence-corrected chi connectivity index (χ0v) is 9.81. The standard InChI is InChI=1S/C11H19NO4/c1-3-12(11(15)16-4-2)9-7-5-6-8(9)10(13)14/h8-9H,3-7H2,1-2H3,(H,13,14). The van der Waals surface area contributed by atoms with Crippen molar-refractivity contribution >= 4 is 12.1 Å². The Hall–Kier alpha value is -1.26. The number of hydrogen-bond donors (Lipinski definition) is 1. The summed E-state index contributed by atoms with van der Waals surface area (Å²) in [5, 5.41) is 9.06. The topological polar surface area (TPSA) is 66.8 Å². The van der Waals surface area contributed by atoms with E-state index in [1.54, 1.807) is 6.92 Å². The SMILES string of the molecule is CCOC(=O)N(CC)C1CCCC1C(=O)O. The summed E-state index contributed by atoms with van der Waals surface area (Å²) in [5.41, 5.74) is 0. The van der Waals surface area contributed by atoms with Gasteiger partial charge < -0.3 is 14.7 Å². The van der Waals surface area contributed by atoms with Gasteiger partial charge in [0.25, 0.3) is 0 Å². The van der Waals surface area contributed by atoms with Gasteiger partial charge in [0.15, 0.2) is 0 Å². The second-order valence-electron chi connectivity index (χ2n) is 3.93. The van der Waals surface area contributed by atoms with Crippen LogP contribution in [0.25, 0.3) is 0 Å². The van der Waals surface area contributed by atoms with Gasteiger partial charge >= 0.3 is 12.1 Å². The fourth-order valence-corrected chi connectivity index (χ4v) is 2.31. The molecule has 5 nitrogen and oxygen atoms in total. The molecule has 2 unspecified atom stereocenters. The molecule has 1 rings (SSSR count). The average molecular weight is 229 g/mol. The minimum absolute atomic E-state index is 0.207. The Morgan fingerprint density at radius 1 is 1.38 bits per heavy atom. The quantitative estimate of drug-likeness (QED) is 0.797. The van der Waals surface area contributed by atoms with E-state index >= 15 is 0 Å². The highest BCUT2D eigenvalue weighted by molar-refractivity contribution is 5.74. The van der Waals surface area contributed by atoms with Crippen LogP contribution < -0.4 is 0 Å². The van der Waals surface area contributed by atoms with Crippen molar-refractivity contribution in [1.82, 2.24) is 4.90 Å². The first-order valence-corrected chi connectivity index (χ1v) is 5.78. The summed E-state index contributed by atoms with van der Waals surface area (Å²) in [4.78, 5) is 24.2. The van der Waals surface area contributed by atoms with Gasteiger partial charge in [0.1, 0.15) is 0 Å². The number of amides is 1. The first-order valence-electron chi connectivity index (χ1n) is 5.78. The molecule has 0 radical (unpaired) electrons. The molecule has 1 amide bonds. The van der Waals surface area contributed by atoms with Crippen LogP contribution in [0.3, 0.4) is 0 Å². The van der Waals surface area contributed by atoms with Gasteiger partial charge in [-0.25, -0.2) is 4.79 Å². The monoisotopic (exact) mass is 229 g/mol. The molecular weight excluding hydrogens is 210 g/mol. The van der Waals surface area contributed by atoms with Crippen molar-refractivity contribution in [1.29, 1.82) is 0 Å². The number of aliphatic carboxylic acids is 1. The van der Waals surface area contributed by atoms with Crippen molar-refractivity contribution in [3.63, 3.8) is 0 Å². The van der Waals surface area contributed by atoms with E-state index in [9.17, 15) is 9.59 Å². The normalized spacial score (nSPS) is 24.1. The van der Waals surface area contributed by atoms with Gasteiger partial charge in [0.05, 0.1) is 12.5 Å². The summed E-state index contributed by atoms with van der Waals surface area (Å²) in [7, 11) is 0. The molecule has 0 aromatic carbocycles. The zero-order valence-electron chi connectivity index (χ0n) is 9.81. The molecule has 1 aliphatic carbocycles. The molecule has 1 N–H and O–H groups in total. The molecule has 0 saturated heterocycles. The largest absolute Gasteiger partial charge is 0.481 e. The summed E-state index contributed by atoms with van der Waals surface area (Å²) in [5.74, 6) is -1.25. The third kappa shape index (κ3) is 2.65. The number of carbonyl (C=O) groups is 2. The first-order chi connectivity index (χ1) is 7.61. The molecule has 0 aromatic heterocycles. The van der Waals surface area contributed by atoms with Gasteiger partial charge in [-0.15, -0.1) is 0 Å². The lowest BCUT2D eigenvalue weighted by molar-refractivity contribution is -0.143. The van der Waals surface area contributed by atoms with Crippen LogP contribution in [0, 0.1) is 5.92 Å². The number of rotatable bonds is 4. The molecular formula is C11H19NO4. The number of nitrogens with zero attached hydrogens (tertiary/aromatic N) is 1. The van der Waals surface area contributed by atoms with E-state index in [1.165, 1.54) is 4.90 Å². The van der Waals surface area contributed by atoms with Crippen LogP contribution in [0.15, 0.2) is 0 Å². The van der Waals surface area contributed by atoms with Crippen LogP contribution in [-0.2, 0) is 9.53 Å². The van der Waals surface area contributed by atoms with Gasteiger partial charge in [0.2, 0.25) is 0 Å². The van der Waals surface area contributed by atoms with Crippen molar-refractivity contribution < 1.29 is 19.4 Å². The molecule has 5 heteroatoms. The summed E-state index contributed by atoms with van der Waals surface area (Å²) in [6.45, 7) is 4.40. The Morgan fingerprint density at radius 3 is 2.56 bits per heavy atom. The molecule has 0 spiro atoms. The van der Waals surface area contributed by atoms with Crippen LogP contribution in [0.4, 0.5) is 4.79 Å². The summed E-state index contributed by atoms with van der Waals surface area (Å²) >= 11 is 0. The van der Waals surface area contributed by atoms with Gasteiger partial charge in [-0.3, -0.25) is 4.79 Å². The maximum Gasteiger partial charge on any atom is 0.410 e. The Morgan fingerprint density at radius 2 is 2.06 bits per heavy atom. The fraction of sp³-hybridized carbons (Fsp3) is 0.818. The second-order valence-corrected chi connectivity index (χ2v) is 3.93. The van der Waals surface area contributed by atoms with Crippen LogP contribution >= 0.6 is 0 Å². The van der Waals surface area contributed by atoms with Gasteiger partial charge in [-0.05, 0) is 26.7 Å². The minimum Gasteiger partial charge on any atom is -0.481 e. The van der Waals surface area contributed by atoms with E-state index in [2.05, 4.69) is 0 Å². The smallest absolute Gasteiger partial charge is 0.410 e. The molecule has 0 heterocycles.